The lowest BCUT2D eigenvalue weighted by Gasteiger charge is -2.18. The maximum atomic E-state index is 12.9. The Morgan fingerprint density at radius 3 is 2.36 bits per heavy atom. The van der Waals surface area contributed by atoms with E-state index in [2.05, 4.69) is 17.4 Å². The average molecular weight is 475 g/mol. The molecular weight excluding hydrogens is 451 g/mol. The van der Waals surface area contributed by atoms with Crippen LogP contribution in [0.1, 0.15) is 30.0 Å². The first-order valence-corrected chi connectivity index (χ1v) is 11.8. The zero-order valence-electron chi connectivity index (χ0n) is 18.1. The molecule has 33 heavy (non-hydrogen) atoms. The molecule has 2 unspecified atom stereocenters. The van der Waals surface area contributed by atoms with Crippen LogP contribution in [0, 0.1) is 6.92 Å². The van der Waals surface area contributed by atoms with Crippen LogP contribution in [-0.4, -0.2) is 20.1 Å². The summed E-state index contributed by atoms with van der Waals surface area (Å²) in [5.74, 6) is 1.79. The molecule has 5 nitrogen and oxygen atoms in total. The largest absolute Gasteiger partial charge is 0.477 e. The van der Waals surface area contributed by atoms with Crippen molar-refractivity contribution in [2.45, 2.75) is 19.2 Å². The number of allylic oxidation sites excluding steroid dienone is 2. The summed E-state index contributed by atoms with van der Waals surface area (Å²) in [6.45, 7) is 6.03. The smallest absolute Gasteiger partial charge is 0.416 e. The van der Waals surface area contributed by atoms with Crippen molar-refractivity contribution in [1.29, 1.82) is 0 Å². The molecule has 0 spiro atoms. The van der Waals surface area contributed by atoms with Gasteiger partial charge in [-0.3, -0.25) is 4.57 Å². The Balaban J connectivity index is 1.75. The minimum atomic E-state index is -4.46. The summed E-state index contributed by atoms with van der Waals surface area (Å²) >= 11 is 0. The monoisotopic (exact) mass is 474 g/mol. The van der Waals surface area contributed by atoms with Gasteiger partial charge in [-0.05, 0) is 60.3 Å². The van der Waals surface area contributed by atoms with Crippen LogP contribution in [0.15, 0.2) is 81.5 Å². The Morgan fingerprint density at radius 2 is 1.79 bits per heavy atom. The second-order valence-electron chi connectivity index (χ2n) is 7.58. The third kappa shape index (κ3) is 4.64. The van der Waals surface area contributed by atoms with Crippen molar-refractivity contribution < 1.29 is 17.9 Å². The first-order chi connectivity index (χ1) is 15.7. The molecule has 1 radical (unpaired) electrons. The van der Waals surface area contributed by atoms with Crippen LogP contribution in [-0.2, 0) is 18.0 Å². The number of hydrogen-bond donors (Lipinski definition) is 1. The topological polar surface area (TPSA) is 49.1 Å². The van der Waals surface area contributed by atoms with Crippen LogP contribution in [0.2, 0.25) is 0 Å². The van der Waals surface area contributed by atoms with E-state index in [9.17, 15) is 18.0 Å². The third-order valence-electron chi connectivity index (χ3n) is 5.37. The van der Waals surface area contributed by atoms with Crippen LogP contribution < -0.4 is 5.69 Å². The molecule has 0 N–H and O–H groups in total. The van der Waals surface area contributed by atoms with Gasteiger partial charge in [0.1, 0.15) is 5.76 Å². The van der Waals surface area contributed by atoms with Gasteiger partial charge in [0.05, 0.1) is 11.3 Å². The molecule has 0 bridgehead atoms. The average Bonchev–Trinajstić information content (AvgIpc) is 3.31. The number of hydrogen-bond acceptors (Lipinski definition) is 3. The first kappa shape index (κ1) is 23.0. The van der Waals surface area contributed by atoms with E-state index in [1.165, 1.54) is 21.6 Å². The molecule has 1 aromatic heterocycles. The molecule has 0 aliphatic carbocycles. The molecule has 2 aromatic carbocycles. The Labute approximate surface area is 192 Å². The maximum absolute atomic E-state index is 12.9. The summed E-state index contributed by atoms with van der Waals surface area (Å²) in [5.41, 5.74) is -0.249. The van der Waals surface area contributed by atoms with Crippen molar-refractivity contribution in [3.63, 3.8) is 0 Å². The minimum Gasteiger partial charge on any atom is -0.477 e. The van der Waals surface area contributed by atoms with Gasteiger partial charge in [-0.1, -0.05) is 30.3 Å². The van der Waals surface area contributed by atoms with Crippen LogP contribution in [0.4, 0.5) is 13.2 Å². The third-order valence-corrected chi connectivity index (χ3v) is 7.46. The molecule has 1 aliphatic rings. The molecular formula is C24H23F3N3O2S. The Kier molecular flexibility index (Phi) is 6.25. The van der Waals surface area contributed by atoms with Gasteiger partial charge in [-0.25, -0.2) is 15.7 Å². The fraction of sp³-hybridized carbons (Fsp3) is 0.208. The number of benzene rings is 2. The van der Waals surface area contributed by atoms with Gasteiger partial charge in [-0.2, -0.15) is 17.9 Å². The van der Waals surface area contributed by atoms with Gasteiger partial charge in [0.2, 0.25) is 0 Å². The van der Waals surface area contributed by atoms with Crippen LogP contribution in [0.5, 0.6) is 0 Å². The number of rotatable bonds is 6. The molecule has 0 saturated carbocycles. The molecule has 2 heterocycles. The molecule has 2 atom stereocenters. The number of alkyl halides is 3. The summed E-state index contributed by atoms with van der Waals surface area (Å²) in [6.07, 6.45) is -3.17. The number of ether oxygens (including phenoxy) is 1. The molecule has 173 valence electrons. The predicted molar refractivity (Wildman–Crippen MR) is 124 cm³/mol. The van der Waals surface area contributed by atoms with E-state index in [-0.39, 0.29) is 5.69 Å². The molecule has 3 aromatic rings. The molecule has 0 fully saturated rings. The van der Waals surface area contributed by atoms with Gasteiger partial charge >= 0.3 is 11.9 Å². The van der Waals surface area contributed by atoms with Crippen molar-refractivity contribution in [3.05, 3.63) is 111 Å². The highest BCUT2D eigenvalue weighted by atomic mass is 32.2. The van der Waals surface area contributed by atoms with Crippen molar-refractivity contribution >= 4 is 10.9 Å². The normalized spacial score (nSPS) is 18.1. The van der Waals surface area contributed by atoms with E-state index < -0.39 is 34.4 Å². The lowest BCUT2D eigenvalue weighted by Crippen LogP contribution is -2.23. The molecule has 0 saturated heterocycles. The van der Waals surface area contributed by atoms with E-state index in [0.717, 1.165) is 28.1 Å². The van der Waals surface area contributed by atoms with Crippen LogP contribution in [0.25, 0.3) is 5.69 Å². The van der Waals surface area contributed by atoms with E-state index in [1.54, 1.807) is 7.05 Å². The van der Waals surface area contributed by atoms with Crippen LogP contribution >= 0.6 is 10.9 Å². The first-order valence-electron chi connectivity index (χ1n) is 10.2. The van der Waals surface area contributed by atoms with Crippen LogP contribution in [0.3, 0.4) is 0 Å². The number of halogens is 3. The van der Waals surface area contributed by atoms with Crippen molar-refractivity contribution in [2.24, 2.45) is 7.05 Å². The summed E-state index contributed by atoms with van der Waals surface area (Å²) in [7, 11) is 1.07. The summed E-state index contributed by atoms with van der Waals surface area (Å²) in [4.78, 5) is 14.1. The lowest BCUT2D eigenvalue weighted by molar-refractivity contribution is -0.137. The summed E-state index contributed by atoms with van der Waals surface area (Å²) in [5, 5.41) is 6.51. The lowest BCUT2D eigenvalue weighted by atomic mass is 10.1. The Bertz CT molecular complexity index is 1260. The minimum absolute atomic E-state index is 0.234. The van der Waals surface area contributed by atoms with Crippen molar-refractivity contribution in [1.82, 2.24) is 14.3 Å². The maximum Gasteiger partial charge on any atom is 0.416 e. The van der Waals surface area contributed by atoms with E-state index in [0.29, 0.717) is 11.6 Å². The summed E-state index contributed by atoms with van der Waals surface area (Å²) < 4.78 is 47.5. The van der Waals surface area contributed by atoms with Gasteiger partial charge in [0.25, 0.3) is 0 Å². The quantitative estimate of drug-likeness (QED) is 0.494. The highest BCUT2D eigenvalue weighted by Gasteiger charge is 2.31. The highest BCUT2D eigenvalue weighted by Crippen LogP contribution is 2.44. The predicted octanol–water partition coefficient (Wildman–Crippen LogP) is 5.29. The SMILES string of the molecule is [CH2]C[SH]1C=C(OC(c2ccccc2)c2nn(-c3ccc(C(F)(F)F)cc3)c(=O)n2C)C=C1C. The second kappa shape index (κ2) is 8.97. The molecule has 1 aliphatic heterocycles. The summed E-state index contributed by atoms with van der Waals surface area (Å²) in [6, 6.07) is 13.7. The number of aromatic nitrogens is 3. The van der Waals surface area contributed by atoms with Gasteiger partial charge in [0, 0.05) is 12.6 Å². The highest BCUT2D eigenvalue weighted by molar-refractivity contribution is 8.23. The van der Waals surface area contributed by atoms with Gasteiger partial charge < -0.3 is 4.74 Å². The van der Waals surface area contributed by atoms with Crippen molar-refractivity contribution in [3.8, 4) is 5.69 Å². The number of nitrogens with zero attached hydrogens (tertiary/aromatic N) is 3. The standard InChI is InChI=1S/C24H23F3N3O2S/c1-4-33-15-20(14-16(33)2)32-21(17-8-6-5-7-9-17)22-28-30(23(31)29(22)3)19-12-10-18(11-13-19)24(25,26)27/h5-15,21,33H,1,4H2,2-3H3. The Hall–Kier alpha value is -3.20. The zero-order chi connectivity index (χ0) is 23.8. The fourth-order valence-corrected chi connectivity index (χ4v) is 4.98. The van der Waals surface area contributed by atoms with E-state index >= 15 is 0 Å². The Morgan fingerprint density at radius 1 is 1.12 bits per heavy atom. The van der Waals surface area contributed by atoms with E-state index in [1.807, 2.05) is 43.3 Å². The molecule has 9 heteroatoms. The second-order valence-corrected chi connectivity index (χ2v) is 9.93. The molecule has 4 rings (SSSR count). The number of thiol groups is 1. The van der Waals surface area contributed by atoms with E-state index in [4.69, 9.17) is 4.74 Å². The van der Waals surface area contributed by atoms with Gasteiger partial charge in [0.15, 0.2) is 11.9 Å². The molecule has 0 amide bonds. The fourth-order valence-electron chi connectivity index (χ4n) is 3.56. The van der Waals surface area contributed by atoms with Gasteiger partial charge in [-0.15, -0.1) is 5.10 Å². The zero-order valence-corrected chi connectivity index (χ0v) is 19.0. The van der Waals surface area contributed by atoms with Crippen molar-refractivity contribution in [2.75, 3.05) is 5.75 Å².